The zero-order valence-electron chi connectivity index (χ0n) is 9.40. The van der Waals surface area contributed by atoms with E-state index in [0.29, 0.717) is 10.0 Å². The van der Waals surface area contributed by atoms with E-state index in [1.165, 1.54) is 0 Å². The summed E-state index contributed by atoms with van der Waals surface area (Å²) in [6.07, 6.45) is 3.61. The summed E-state index contributed by atoms with van der Waals surface area (Å²) in [5.74, 6) is 0. The van der Waals surface area contributed by atoms with Crippen molar-refractivity contribution in [2.75, 3.05) is 11.9 Å². The number of benzene rings is 1. The Morgan fingerprint density at radius 3 is 2.71 bits per heavy atom. The van der Waals surface area contributed by atoms with E-state index in [2.05, 4.69) is 9.88 Å². The van der Waals surface area contributed by atoms with E-state index in [9.17, 15) is 0 Å². The third kappa shape index (κ3) is 3.11. The molecule has 2 nitrogen and oxygen atoms in total. The van der Waals surface area contributed by atoms with Gasteiger partial charge >= 0.3 is 0 Å². The molecular weight excluding hydrogens is 255 g/mol. The molecule has 0 atom stereocenters. The highest BCUT2D eigenvalue weighted by atomic mass is 35.5. The molecule has 0 saturated heterocycles. The summed E-state index contributed by atoms with van der Waals surface area (Å²) in [7, 11) is 1.99. The SMILES string of the molecule is CN(Cc1cccnc1)c1ccc(Cl)cc1Cl. The first-order valence-corrected chi connectivity index (χ1v) is 5.97. The molecule has 0 aliphatic rings. The number of rotatable bonds is 3. The minimum atomic E-state index is 0.647. The summed E-state index contributed by atoms with van der Waals surface area (Å²) < 4.78 is 0. The molecule has 0 fully saturated rings. The average Bonchev–Trinajstić information content (AvgIpc) is 2.30. The van der Waals surface area contributed by atoms with Crippen LogP contribution < -0.4 is 4.90 Å². The predicted octanol–water partition coefficient (Wildman–Crippen LogP) is 4.02. The second-order valence-corrected chi connectivity index (χ2v) is 4.66. The van der Waals surface area contributed by atoms with Gasteiger partial charge in [0.25, 0.3) is 0 Å². The fraction of sp³-hybridized carbons (Fsp3) is 0.154. The lowest BCUT2D eigenvalue weighted by Gasteiger charge is -2.20. The van der Waals surface area contributed by atoms with Gasteiger partial charge in [0.15, 0.2) is 0 Å². The quantitative estimate of drug-likeness (QED) is 0.834. The average molecular weight is 267 g/mol. The normalized spacial score (nSPS) is 10.3. The molecule has 0 N–H and O–H groups in total. The van der Waals surface area contributed by atoms with E-state index in [-0.39, 0.29) is 0 Å². The molecule has 0 spiro atoms. The largest absolute Gasteiger partial charge is 0.369 e. The van der Waals surface area contributed by atoms with Gasteiger partial charge < -0.3 is 4.90 Å². The number of pyridine rings is 1. The molecule has 0 amide bonds. The van der Waals surface area contributed by atoms with Crippen molar-refractivity contribution in [3.8, 4) is 0 Å². The van der Waals surface area contributed by atoms with Gasteiger partial charge in [0.05, 0.1) is 10.7 Å². The van der Waals surface area contributed by atoms with Crippen LogP contribution >= 0.6 is 23.2 Å². The maximum atomic E-state index is 6.15. The van der Waals surface area contributed by atoms with E-state index in [1.807, 2.05) is 37.5 Å². The molecule has 0 saturated carbocycles. The van der Waals surface area contributed by atoms with Gasteiger partial charge in [0.2, 0.25) is 0 Å². The lowest BCUT2D eigenvalue weighted by atomic mass is 10.2. The van der Waals surface area contributed by atoms with Gasteiger partial charge in [-0.1, -0.05) is 29.3 Å². The lowest BCUT2D eigenvalue weighted by molar-refractivity contribution is 0.915. The molecule has 4 heteroatoms. The van der Waals surface area contributed by atoms with Gasteiger partial charge in [-0.3, -0.25) is 4.98 Å². The molecule has 88 valence electrons. The second kappa shape index (κ2) is 5.39. The second-order valence-electron chi connectivity index (χ2n) is 3.81. The highest BCUT2D eigenvalue weighted by molar-refractivity contribution is 6.36. The number of hydrogen-bond donors (Lipinski definition) is 0. The van der Waals surface area contributed by atoms with Crippen molar-refractivity contribution in [1.29, 1.82) is 0 Å². The monoisotopic (exact) mass is 266 g/mol. The Bertz CT molecular complexity index is 500. The van der Waals surface area contributed by atoms with E-state index >= 15 is 0 Å². The van der Waals surface area contributed by atoms with Crippen LogP contribution in [0.5, 0.6) is 0 Å². The summed E-state index contributed by atoms with van der Waals surface area (Å²) in [5, 5.41) is 1.30. The number of anilines is 1. The van der Waals surface area contributed by atoms with Gasteiger partial charge in [-0.2, -0.15) is 0 Å². The number of nitrogens with zero attached hydrogens (tertiary/aromatic N) is 2. The van der Waals surface area contributed by atoms with Crippen LogP contribution in [0.15, 0.2) is 42.7 Å². The lowest BCUT2D eigenvalue weighted by Crippen LogP contribution is -2.16. The van der Waals surface area contributed by atoms with Gasteiger partial charge in [-0.15, -0.1) is 0 Å². The van der Waals surface area contributed by atoms with Crippen LogP contribution in [-0.2, 0) is 6.54 Å². The first-order chi connectivity index (χ1) is 8.16. The van der Waals surface area contributed by atoms with Crippen molar-refractivity contribution in [2.24, 2.45) is 0 Å². The highest BCUT2D eigenvalue weighted by Crippen LogP contribution is 2.28. The van der Waals surface area contributed by atoms with Crippen LogP contribution in [0.1, 0.15) is 5.56 Å². The fourth-order valence-corrected chi connectivity index (χ4v) is 2.19. The highest BCUT2D eigenvalue weighted by Gasteiger charge is 2.07. The molecule has 0 unspecified atom stereocenters. The molecular formula is C13H12Cl2N2. The molecule has 17 heavy (non-hydrogen) atoms. The topological polar surface area (TPSA) is 16.1 Å². The molecule has 0 aliphatic carbocycles. The van der Waals surface area contributed by atoms with Crippen molar-refractivity contribution in [3.05, 3.63) is 58.3 Å². The van der Waals surface area contributed by atoms with Crippen LogP contribution in [0, 0.1) is 0 Å². The summed E-state index contributed by atoms with van der Waals surface area (Å²) in [5.41, 5.74) is 2.10. The number of hydrogen-bond acceptors (Lipinski definition) is 2. The van der Waals surface area contributed by atoms with Crippen LogP contribution in [-0.4, -0.2) is 12.0 Å². The minimum Gasteiger partial charge on any atom is -0.369 e. The Labute approximate surface area is 111 Å². The Hall–Kier alpha value is -1.25. The Balaban J connectivity index is 2.17. The molecule has 0 radical (unpaired) electrons. The molecule has 0 aliphatic heterocycles. The van der Waals surface area contributed by atoms with Crippen molar-refractivity contribution in [3.63, 3.8) is 0 Å². The molecule has 2 rings (SSSR count). The maximum Gasteiger partial charge on any atom is 0.0654 e. The molecule has 0 bridgehead atoms. The summed E-state index contributed by atoms with van der Waals surface area (Å²) in [6.45, 7) is 0.759. The van der Waals surface area contributed by atoms with Crippen LogP contribution in [0.2, 0.25) is 10.0 Å². The third-order valence-corrected chi connectivity index (χ3v) is 3.00. The molecule has 2 aromatic rings. The van der Waals surface area contributed by atoms with E-state index in [4.69, 9.17) is 23.2 Å². The van der Waals surface area contributed by atoms with Crippen molar-refractivity contribution >= 4 is 28.9 Å². The Morgan fingerprint density at radius 1 is 1.24 bits per heavy atom. The minimum absolute atomic E-state index is 0.647. The number of aromatic nitrogens is 1. The predicted molar refractivity (Wildman–Crippen MR) is 72.8 cm³/mol. The summed E-state index contributed by atoms with van der Waals surface area (Å²) >= 11 is 12.0. The molecule has 1 heterocycles. The fourth-order valence-electron chi connectivity index (χ4n) is 1.64. The Morgan fingerprint density at radius 2 is 2.06 bits per heavy atom. The Kier molecular flexibility index (Phi) is 3.87. The third-order valence-electron chi connectivity index (χ3n) is 2.46. The smallest absolute Gasteiger partial charge is 0.0654 e. The molecule has 1 aromatic heterocycles. The zero-order valence-corrected chi connectivity index (χ0v) is 10.9. The summed E-state index contributed by atoms with van der Waals surface area (Å²) in [4.78, 5) is 6.15. The van der Waals surface area contributed by atoms with E-state index in [1.54, 1.807) is 12.3 Å². The zero-order chi connectivity index (χ0) is 12.3. The van der Waals surface area contributed by atoms with Gasteiger partial charge in [-0.05, 0) is 29.8 Å². The van der Waals surface area contributed by atoms with Gasteiger partial charge in [-0.25, -0.2) is 0 Å². The van der Waals surface area contributed by atoms with Crippen molar-refractivity contribution < 1.29 is 0 Å². The molecule has 1 aromatic carbocycles. The standard InChI is InChI=1S/C13H12Cl2N2/c1-17(9-10-3-2-6-16-8-10)13-5-4-11(14)7-12(13)15/h2-8H,9H2,1H3. The van der Waals surface area contributed by atoms with Crippen LogP contribution in [0.25, 0.3) is 0 Å². The first kappa shape index (κ1) is 12.2. The summed E-state index contributed by atoms with van der Waals surface area (Å²) in [6, 6.07) is 9.46. The van der Waals surface area contributed by atoms with Crippen LogP contribution in [0.3, 0.4) is 0 Å². The maximum absolute atomic E-state index is 6.15. The van der Waals surface area contributed by atoms with Crippen LogP contribution in [0.4, 0.5) is 5.69 Å². The van der Waals surface area contributed by atoms with Crippen molar-refractivity contribution in [1.82, 2.24) is 4.98 Å². The van der Waals surface area contributed by atoms with E-state index in [0.717, 1.165) is 17.8 Å². The number of halogens is 2. The first-order valence-electron chi connectivity index (χ1n) is 5.22. The van der Waals surface area contributed by atoms with Crippen molar-refractivity contribution in [2.45, 2.75) is 6.54 Å². The van der Waals surface area contributed by atoms with Gasteiger partial charge in [0.1, 0.15) is 0 Å². The van der Waals surface area contributed by atoms with Gasteiger partial charge in [0, 0.05) is 31.0 Å². The van der Waals surface area contributed by atoms with E-state index < -0.39 is 0 Å².